The van der Waals surface area contributed by atoms with Gasteiger partial charge in [0.25, 0.3) is 0 Å². The number of benzene rings is 2. The van der Waals surface area contributed by atoms with Gasteiger partial charge in [-0.2, -0.15) is 0 Å². The Morgan fingerprint density at radius 3 is 2.60 bits per heavy atom. The molecule has 2 aromatic rings. The first kappa shape index (κ1) is 14.9. The lowest BCUT2D eigenvalue weighted by atomic mass is 10.1. The average molecular weight is 335 g/mol. The first-order valence-electron chi connectivity index (χ1n) is 6.46. The Balaban J connectivity index is 2.16. The highest BCUT2D eigenvalue weighted by molar-refractivity contribution is 9.10. The molecule has 20 heavy (non-hydrogen) atoms. The zero-order chi connectivity index (χ0) is 14.5. The summed E-state index contributed by atoms with van der Waals surface area (Å²) in [6, 6.07) is 14.3. The van der Waals surface area contributed by atoms with Gasteiger partial charge in [0.15, 0.2) is 0 Å². The molecule has 0 radical (unpaired) electrons. The molecule has 0 aliphatic heterocycles. The number of nitrogens with two attached hydrogens (primary N) is 1. The third kappa shape index (κ3) is 3.52. The Morgan fingerprint density at radius 1 is 1.15 bits per heavy atom. The van der Waals surface area contributed by atoms with Crippen LogP contribution >= 0.6 is 15.9 Å². The van der Waals surface area contributed by atoms with E-state index in [2.05, 4.69) is 58.2 Å². The van der Waals surface area contributed by atoms with Gasteiger partial charge in [-0.05, 0) is 51.3 Å². The van der Waals surface area contributed by atoms with Crippen LogP contribution in [0.3, 0.4) is 0 Å². The van der Waals surface area contributed by atoms with Crippen molar-refractivity contribution in [1.82, 2.24) is 0 Å². The Labute approximate surface area is 128 Å². The molecule has 0 aromatic heterocycles. The summed E-state index contributed by atoms with van der Waals surface area (Å²) in [4.78, 5) is 2.19. The van der Waals surface area contributed by atoms with E-state index in [4.69, 9.17) is 10.5 Å². The molecule has 0 atom stereocenters. The standard InChI is InChI=1S/C16H19BrN2O/c1-19(11-13-4-3-5-14(8-13)20-2)16-7-6-12(10-18)9-15(16)17/h3-9H,10-11,18H2,1-2H3. The van der Waals surface area contributed by atoms with Gasteiger partial charge in [0.05, 0.1) is 12.8 Å². The van der Waals surface area contributed by atoms with Crippen molar-refractivity contribution in [3.63, 3.8) is 0 Å². The van der Waals surface area contributed by atoms with Gasteiger partial charge in [-0.1, -0.05) is 18.2 Å². The summed E-state index contributed by atoms with van der Waals surface area (Å²) in [5, 5.41) is 0. The number of hydrogen-bond donors (Lipinski definition) is 1. The Morgan fingerprint density at radius 2 is 1.95 bits per heavy atom. The van der Waals surface area contributed by atoms with Crippen molar-refractivity contribution in [2.24, 2.45) is 5.73 Å². The predicted molar refractivity (Wildman–Crippen MR) is 87.1 cm³/mol. The molecule has 2 N–H and O–H groups in total. The van der Waals surface area contributed by atoms with E-state index in [1.165, 1.54) is 5.56 Å². The largest absolute Gasteiger partial charge is 0.497 e. The van der Waals surface area contributed by atoms with E-state index < -0.39 is 0 Å². The summed E-state index contributed by atoms with van der Waals surface area (Å²) in [6.45, 7) is 1.37. The van der Waals surface area contributed by atoms with Crippen LogP contribution < -0.4 is 15.4 Å². The third-order valence-corrected chi connectivity index (χ3v) is 3.85. The van der Waals surface area contributed by atoms with E-state index in [0.717, 1.165) is 28.0 Å². The number of anilines is 1. The van der Waals surface area contributed by atoms with Gasteiger partial charge in [-0.3, -0.25) is 0 Å². The predicted octanol–water partition coefficient (Wildman–Crippen LogP) is 3.55. The Bertz CT molecular complexity index is 586. The molecule has 2 rings (SSSR count). The zero-order valence-electron chi connectivity index (χ0n) is 11.8. The molecule has 0 aliphatic rings. The second-order valence-electron chi connectivity index (χ2n) is 4.70. The van der Waals surface area contributed by atoms with Crippen molar-refractivity contribution in [3.05, 3.63) is 58.1 Å². The van der Waals surface area contributed by atoms with Gasteiger partial charge >= 0.3 is 0 Å². The van der Waals surface area contributed by atoms with Crippen molar-refractivity contribution < 1.29 is 4.74 Å². The molecule has 106 valence electrons. The second-order valence-corrected chi connectivity index (χ2v) is 5.55. The van der Waals surface area contributed by atoms with Crippen LogP contribution in [-0.2, 0) is 13.1 Å². The number of ether oxygens (including phenoxy) is 1. The van der Waals surface area contributed by atoms with Gasteiger partial charge in [-0.25, -0.2) is 0 Å². The Hall–Kier alpha value is -1.52. The van der Waals surface area contributed by atoms with Gasteiger partial charge in [0.2, 0.25) is 0 Å². The normalized spacial score (nSPS) is 10.4. The van der Waals surface area contributed by atoms with E-state index in [9.17, 15) is 0 Å². The molecule has 0 bridgehead atoms. The topological polar surface area (TPSA) is 38.5 Å². The molecule has 3 nitrogen and oxygen atoms in total. The Kier molecular flexibility index (Phi) is 5.04. The highest BCUT2D eigenvalue weighted by Gasteiger charge is 2.07. The molecular weight excluding hydrogens is 316 g/mol. The molecule has 2 aromatic carbocycles. The van der Waals surface area contributed by atoms with Crippen LogP contribution in [0.4, 0.5) is 5.69 Å². The molecule has 4 heteroatoms. The average Bonchev–Trinajstić information content (AvgIpc) is 2.47. The fourth-order valence-corrected chi connectivity index (χ4v) is 2.85. The van der Waals surface area contributed by atoms with E-state index in [1.54, 1.807) is 7.11 Å². The third-order valence-electron chi connectivity index (χ3n) is 3.21. The van der Waals surface area contributed by atoms with Gasteiger partial charge in [0, 0.05) is 24.6 Å². The lowest BCUT2D eigenvalue weighted by Gasteiger charge is -2.21. The monoisotopic (exact) mass is 334 g/mol. The van der Waals surface area contributed by atoms with Crippen LogP contribution in [-0.4, -0.2) is 14.2 Å². The van der Waals surface area contributed by atoms with Crippen LogP contribution in [0.5, 0.6) is 5.75 Å². The molecule has 0 amide bonds. The summed E-state index contributed by atoms with van der Waals surface area (Å²) in [6.07, 6.45) is 0. The van der Waals surface area contributed by atoms with Crippen molar-refractivity contribution in [3.8, 4) is 5.75 Å². The highest BCUT2D eigenvalue weighted by Crippen LogP contribution is 2.28. The van der Waals surface area contributed by atoms with E-state index in [1.807, 2.05) is 12.1 Å². The maximum Gasteiger partial charge on any atom is 0.119 e. The fourth-order valence-electron chi connectivity index (χ4n) is 2.12. The van der Waals surface area contributed by atoms with Gasteiger partial charge in [-0.15, -0.1) is 0 Å². The van der Waals surface area contributed by atoms with Crippen LogP contribution in [0.2, 0.25) is 0 Å². The van der Waals surface area contributed by atoms with E-state index >= 15 is 0 Å². The number of halogens is 1. The van der Waals surface area contributed by atoms with E-state index in [0.29, 0.717) is 6.54 Å². The number of hydrogen-bond acceptors (Lipinski definition) is 3. The number of methoxy groups -OCH3 is 1. The quantitative estimate of drug-likeness (QED) is 0.908. The van der Waals surface area contributed by atoms with Crippen LogP contribution in [0.25, 0.3) is 0 Å². The first-order valence-corrected chi connectivity index (χ1v) is 7.26. The van der Waals surface area contributed by atoms with E-state index in [-0.39, 0.29) is 0 Å². The summed E-state index contributed by atoms with van der Waals surface area (Å²) >= 11 is 3.61. The molecule has 0 spiro atoms. The number of rotatable bonds is 5. The minimum absolute atomic E-state index is 0.554. The lowest BCUT2D eigenvalue weighted by molar-refractivity contribution is 0.414. The molecular formula is C16H19BrN2O. The SMILES string of the molecule is COc1cccc(CN(C)c2ccc(CN)cc2Br)c1. The molecule has 0 heterocycles. The summed E-state index contributed by atoms with van der Waals surface area (Å²) in [7, 11) is 3.76. The molecule has 0 saturated carbocycles. The van der Waals surface area contributed by atoms with Gasteiger partial charge in [0.1, 0.15) is 5.75 Å². The van der Waals surface area contributed by atoms with Crippen LogP contribution in [0.1, 0.15) is 11.1 Å². The van der Waals surface area contributed by atoms with Crippen molar-refractivity contribution in [2.75, 3.05) is 19.1 Å². The maximum absolute atomic E-state index is 5.65. The van der Waals surface area contributed by atoms with Gasteiger partial charge < -0.3 is 15.4 Å². The van der Waals surface area contributed by atoms with Crippen molar-refractivity contribution >= 4 is 21.6 Å². The summed E-state index contributed by atoms with van der Waals surface area (Å²) in [5.74, 6) is 0.883. The maximum atomic E-state index is 5.65. The van der Waals surface area contributed by atoms with Crippen molar-refractivity contribution in [2.45, 2.75) is 13.1 Å². The fraction of sp³-hybridized carbons (Fsp3) is 0.250. The highest BCUT2D eigenvalue weighted by atomic mass is 79.9. The number of nitrogens with zero attached hydrogens (tertiary/aromatic N) is 1. The second kappa shape index (κ2) is 6.77. The zero-order valence-corrected chi connectivity index (χ0v) is 13.4. The molecule has 0 saturated heterocycles. The molecule has 0 aliphatic carbocycles. The minimum atomic E-state index is 0.554. The first-order chi connectivity index (χ1) is 9.63. The van der Waals surface area contributed by atoms with Crippen LogP contribution in [0, 0.1) is 0 Å². The smallest absolute Gasteiger partial charge is 0.119 e. The molecule has 0 unspecified atom stereocenters. The summed E-state index contributed by atoms with van der Waals surface area (Å²) < 4.78 is 6.32. The molecule has 0 fully saturated rings. The minimum Gasteiger partial charge on any atom is -0.497 e. The lowest BCUT2D eigenvalue weighted by Crippen LogP contribution is -2.17. The van der Waals surface area contributed by atoms with Crippen molar-refractivity contribution in [1.29, 1.82) is 0 Å². The van der Waals surface area contributed by atoms with Crippen LogP contribution in [0.15, 0.2) is 46.9 Å². The summed E-state index contributed by atoms with van der Waals surface area (Å²) in [5.41, 5.74) is 9.13.